The van der Waals surface area contributed by atoms with Crippen LogP contribution in [-0.4, -0.2) is 51.2 Å². The fraction of sp³-hybridized carbons (Fsp3) is 0.900. The summed E-state index contributed by atoms with van der Waals surface area (Å²) in [6.45, 7) is 3.25. The van der Waals surface area contributed by atoms with Gasteiger partial charge in [0.25, 0.3) is 0 Å². The maximum atomic E-state index is 11.5. The maximum absolute atomic E-state index is 11.5. The van der Waals surface area contributed by atoms with E-state index in [-0.39, 0.29) is 5.91 Å². The molecule has 82 valence electrons. The standard InChI is InChI=1S/C10H20N2O2/c1-11-5-3-10(13)12(2)7-9-4-6-14-8-9/h9,11H,3-8H2,1-2H3. The molecule has 0 aromatic carbocycles. The topological polar surface area (TPSA) is 41.6 Å². The van der Waals surface area contributed by atoms with Gasteiger partial charge < -0.3 is 15.0 Å². The Hall–Kier alpha value is -0.610. The first-order valence-electron chi connectivity index (χ1n) is 5.20. The van der Waals surface area contributed by atoms with Crippen LogP contribution in [0.2, 0.25) is 0 Å². The predicted molar refractivity (Wildman–Crippen MR) is 55.1 cm³/mol. The van der Waals surface area contributed by atoms with Crippen LogP contribution in [0.1, 0.15) is 12.8 Å². The minimum atomic E-state index is 0.214. The predicted octanol–water partition coefficient (Wildman–Crippen LogP) is 0.0908. The zero-order chi connectivity index (χ0) is 10.4. The Balaban J connectivity index is 2.18. The third kappa shape index (κ3) is 3.64. The summed E-state index contributed by atoms with van der Waals surface area (Å²) in [6.07, 6.45) is 1.67. The molecule has 1 amide bonds. The Kier molecular flexibility index (Phi) is 4.90. The molecule has 4 nitrogen and oxygen atoms in total. The quantitative estimate of drug-likeness (QED) is 0.684. The van der Waals surface area contributed by atoms with Gasteiger partial charge in [-0.2, -0.15) is 0 Å². The van der Waals surface area contributed by atoms with Gasteiger partial charge in [-0.3, -0.25) is 4.79 Å². The molecule has 1 saturated heterocycles. The molecular formula is C10H20N2O2. The lowest BCUT2D eigenvalue weighted by molar-refractivity contribution is -0.130. The molecule has 0 aromatic heterocycles. The molecule has 1 fully saturated rings. The second kappa shape index (κ2) is 5.98. The molecule has 1 aliphatic rings. The number of carbonyl (C=O) groups is 1. The summed E-state index contributed by atoms with van der Waals surface area (Å²) in [4.78, 5) is 13.4. The number of hydrogen-bond acceptors (Lipinski definition) is 3. The first kappa shape index (κ1) is 11.5. The van der Waals surface area contributed by atoms with Crippen molar-refractivity contribution in [2.75, 3.05) is 40.4 Å². The van der Waals surface area contributed by atoms with Gasteiger partial charge in [0.05, 0.1) is 6.61 Å². The van der Waals surface area contributed by atoms with E-state index in [1.165, 1.54) is 0 Å². The van der Waals surface area contributed by atoms with Crippen LogP contribution in [0.15, 0.2) is 0 Å². The maximum Gasteiger partial charge on any atom is 0.223 e. The van der Waals surface area contributed by atoms with Gasteiger partial charge in [0.15, 0.2) is 0 Å². The van der Waals surface area contributed by atoms with Crippen LogP contribution in [-0.2, 0) is 9.53 Å². The molecule has 1 atom stereocenters. The fourth-order valence-corrected chi connectivity index (χ4v) is 1.64. The van der Waals surface area contributed by atoms with Gasteiger partial charge in [-0.15, -0.1) is 0 Å². The van der Waals surface area contributed by atoms with Crippen molar-refractivity contribution in [2.45, 2.75) is 12.8 Å². The van der Waals surface area contributed by atoms with Crippen LogP contribution in [0, 0.1) is 5.92 Å². The molecule has 0 radical (unpaired) electrons. The molecule has 1 unspecified atom stereocenters. The molecule has 1 rings (SSSR count). The van der Waals surface area contributed by atoms with Crippen LogP contribution >= 0.6 is 0 Å². The average molecular weight is 200 g/mol. The van der Waals surface area contributed by atoms with E-state index in [4.69, 9.17) is 4.74 Å². The van der Waals surface area contributed by atoms with Gasteiger partial charge in [-0.1, -0.05) is 0 Å². The van der Waals surface area contributed by atoms with Crippen LogP contribution < -0.4 is 5.32 Å². The number of hydrogen-bond donors (Lipinski definition) is 1. The average Bonchev–Trinajstić information content (AvgIpc) is 2.66. The van der Waals surface area contributed by atoms with Crippen molar-refractivity contribution in [1.82, 2.24) is 10.2 Å². The monoisotopic (exact) mass is 200 g/mol. The number of nitrogens with one attached hydrogen (secondary N) is 1. The van der Waals surface area contributed by atoms with E-state index in [1.54, 1.807) is 0 Å². The van der Waals surface area contributed by atoms with Crippen LogP contribution in [0.4, 0.5) is 0 Å². The Labute approximate surface area is 85.6 Å². The lowest BCUT2D eigenvalue weighted by atomic mass is 10.1. The minimum absolute atomic E-state index is 0.214. The number of carbonyl (C=O) groups excluding carboxylic acids is 1. The molecule has 0 saturated carbocycles. The van der Waals surface area contributed by atoms with E-state index in [1.807, 2.05) is 19.0 Å². The number of rotatable bonds is 5. The normalized spacial score (nSPS) is 21.1. The van der Waals surface area contributed by atoms with E-state index in [0.29, 0.717) is 12.3 Å². The summed E-state index contributed by atoms with van der Waals surface area (Å²) in [7, 11) is 3.73. The van der Waals surface area contributed by atoms with Gasteiger partial charge >= 0.3 is 0 Å². The van der Waals surface area contributed by atoms with Crippen molar-refractivity contribution in [3.05, 3.63) is 0 Å². The van der Waals surface area contributed by atoms with Crippen LogP contribution in [0.25, 0.3) is 0 Å². The van der Waals surface area contributed by atoms with Crippen LogP contribution in [0.3, 0.4) is 0 Å². The highest BCUT2D eigenvalue weighted by Gasteiger charge is 2.19. The van der Waals surface area contributed by atoms with E-state index >= 15 is 0 Å². The molecule has 1 aliphatic heterocycles. The molecule has 4 heteroatoms. The van der Waals surface area contributed by atoms with Gasteiger partial charge in [0.1, 0.15) is 0 Å². The van der Waals surface area contributed by atoms with E-state index in [9.17, 15) is 4.79 Å². The first-order valence-corrected chi connectivity index (χ1v) is 5.20. The van der Waals surface area contributed by atoms with E-state index < -0.39 is 0 Å². The van der Waals surface area contributed by atoms with Crippen molar-refractivity contribution >= 4 is 5.91 Å². The number of ether oxygens (including phenoxy) is 1. The Bertz CT molecular complexity index is 179. The lowest BCUT2D eigenvalue weighted by Gasteiger charge is -2.20. The fourth-order valence-electron chi connectivity index (χ4n) is 1.64. The van der Waals surface area contributed by atoms with E-state index in [0.717, 1.165) is 32.7 Å². The van der Waals surface area contributed by atoms with E-state index in [2.05, 4.69) is 5.32 Å². The van der Waals surface area contributed by atoms with Gasteiger partial charge in [-0.05, 0) is 13.5 Å². The zero-order valence-corrected chi connectivity index (χ0v) is 9.08. The number of amides is 1. The summed E-state index contributed by atoms with van der Waals surface area (Å²) in [5.74, 6) is 0.754. The van der Waals surface area contributed by atoms with Crippen molar-refractivity contribution in [2.24, 2.45) is 5.92 Å². The third-order valence-electron chi connectivity index (χ3n) is 2.57. The molecular weight excluding hydrogens is 180 g/mol. The van der Waals surface area contributed by atoms with Gasteiger partial charge in [0.2, 0.25) is 5.91 Å². The summed E-state index contributed by atoms with van der Waals surface area (Å²) in [6, 6.07) is 0. The summed E-state index contributed by atoms with van der Waals surface area (Å²) >= 11 is 0. The molecule has 1 N–H and O–H groups in total. The molecule has 1 heterocycles. The largest absolute Gasteiger partial charge is 0.381 e. The van der Waals surface area contributed by atoms with Crippen molar-refractivity contribution < 1.29 is 9.53 Å². The van der Waals surface area contributed by atoms with Crippen LogP contribution in [0.5, 0.6) is 0 Å². The SMILES string of the molecule is CNCCC(=O)N(C)CC1CCOC1. The first-order chi connectivity index (χ1) is 6.74. The molecule has 14 heavy (non-hydrogen) atoms. The van der Waals surface area contributed by atoms with Crippen molar-refractivity contribution in [3.8, 4) is 0 Å². The lowest BCUT2D eigenvalue weighted by Crippen LogP contribution is -2.33. The highest BCUT2D eigenvalue weighted by atomic mass is 16.5. The summed E-state index contributed by atoms with van der Waals surface area (Å²) < 4.78 is 5.27. The van der Waals surface area contributed by atoms with Gasteiger partial charge in [-0.25, -0.2) is 0 Å². The smallest absolute Gasteiger partial charge is 0.223 e. The zero-order valence-electron chi connectivity index (χ0n) is 9.08. The van der Waals surface area contributed by atoms with Crippen molar-refractivity contribution in [1.29, 1.82) is 0 Å². The second-order valence-corrected chi connectivity index (χ2v) is 3.86. The van der Waals surface area contributed by atoms with Crippen molar-refractivity contribution in [3.63, 3.8) is 0 Å². The highest BCUT2D eigenvalue weighted by molar-refractivity contribution is 5.76. The Morgan fingerprint density at radius 2 is 2.43 bits per heavy atom. The minimum Gasteiger partial charge on any atom is -0.381 e. The highest BCUT2D eigenvalue weighted by Crippen LogP contribution is 2.13. The molecule has 0 bridgehead atoms. The second-order valence-electron chi connectivity index (χ2n) is 3.86. The molecule has 0 aliphatic carbocycles. The summed E-state index contributed by atoms with van der Waals surface area (Å²) in [5.41, 5.74) is 0. The third-order valence-corrected chi connectivity index (χ3v) is 2.57. The summed E-state index contributed by atoms with van der Waals surface area (Å²) in [5, 5.41) is 2.97. The Morgan fingerprint density at radius 3 is 3.00 bits per heavy atom. The van der Waals surface area contributed by atoms with Gasteiger partial charge in [0, 0.05) is 39.1 Å². The molecule has 0 aromatic rings. The molecule has 0 spiro atoms. The number of nitrogens with zero attached hydrogens (tertiary/aromatic N) is 1. The Morgan fingerprint density at radius 1 is 1.64 bits per heavy atom.